The fourth-order valence-corrected chi connectivity index (χ4v) is 3.17. The smallest absolute Gasteiger partial charge is 0.251 e. The fraction of sp³-hybridized carbons (Fsp3) is 0.333. The molecule has 1 aliphatic carbocycles. The summed E-state index contributed by atoms with van der Waals surface area (Å²) in [5, 5.41) is 5.98. The third kappa shape index (κ3) is 4.08. The number of hydrogen-bond acceptors (Lipinski definition) is 2. The highest BCUT2D eigenvalue weighted by molar-refractivity contribution is 5.97. The van der Waals surface area contributed by atoms with E-state index in [-0.39, 0.29) is 23.8 Å². The molecule has 0 aromatic heterocycles. The highest BCUT2D eigenvalue weighted by Gasteiger charge is 2.22. The van der Waals surface area contributed by atoms with Crippen LogP contribution in [0.1, 0.15) is 54.2 Å². The minimum atomic E-state index is -0.109. The minimum Gasteiger partial charge on any atom is -0.345 e. The quantitative estimate of drug-likeness (QED) is 0.883. The predicted molar refractivity (Wildman–Crippen MR) is 99.5 cm³/mol. The van der Waals surface area contributed by atoms with Crippen molar-refractivity contribution in [1.29, 1.82) is 0 Å². The number of benzene rings is 2. The second kappa shape index (κ2) is 7.51. The highest BCUT2D eigenvalue weighted by atomic mass is 16.2. The third-order valence-electron chi connectivity index (χ3n) is 4.59. The van der Waals surface area contributed by atoms with E-state index in [1.807, 2.05) is 26.0 Å². The molecule has 0 heterocycles. The van der Waals surface area contributed by atoms with E-state index in [0.29, 0.717) is 11.3 Å². The zero-order chi connectivity index (χ0) is 17.8. The molecule has 2 N–H and O–H groups in total. The molecule has 0 fully saturated rings. The number of hydrogen-bond donors (Lipinski definition) is 2. The lowest BCUT2D eigenvalue weighted by Crippen LogP contribution is -2.31. The molecular formula is C21H24N2O2. The number of aryl methyl sites for hydroxylation is 1. The van der Waals surface area contributed by atoms with Crippen molar-refractivity contribution in [2.75, 3.05) is 5.32 Å². The molecular weight excluding hydrogens is 312 g/mol. The van der Waals surface area contributed by atoms with Crippen LogP contribution in [0.5, 0.6) is 0 Å². The van der Waals surface area contributed by atoms with E-state index < -0.39 is 0 Å². The molecule has 2 aromatic carbocycles. The first kappa shape index (κ1) is 17.2. The average molecular weight is 336 g/mol. The Labute approximate surface area is 148 Å². The molecule has 25 heavy (non-hydrogen) atoms. The first-order valence-electron chi connectivity index (χ1n) is 8.84. The lowest BCUT2D eigenvalue weighted by molar-refractivity contribution is -0.118. The molecule has 0 aliphatic heterocycles. The lowest BCUT2D eigenvalue weighted by Gasteiger charge is -2.26. The van der Waals surface area contributed by atoms with Crippen LogP contribution in [-0.4, -0.2) is 11.8 Å². The van der Waals surface area contributed by atoms with Crippen LogP contribution in [0.25, 0.3) is 0 Å². The Hall–Kier alpha value is -2.62. The monoisotopic (exact) mass is 336 g/mol. The summed E-state index contributed by atoms with van der Waals surface area (Å²) < 4.78 is 0. The molecule has 0 saturated carbocycles. The minimum absolute atomic E-state index is 0.0476. The van der Waals surface area contributed by atoms with Crippen LogP contribution < -0.4 is 10.6 Å². The molecule has 130 valence electrons. The molecule has 0 bridgehead atoms. The SMILES string of the molecule is CC(C)C(=O)Nc1cccc(C(=O)NC2CCCc3ccccc32)c1. The van der Waals surface area contributed by atoms with E-state index in [0.717, 1.165) is 19.3 Å². The second-order valence-corrected chi connectivity index (χ2v) is 6.84. The summed E-state index contributed by atoms with van der Waals surface area (Å²) in [6.45, 7) is 3.68. The Morgan fingerprint density at radius 3 is 2.68 bits per heavy atom. The van der Waals surface area contributed by atoms with E-state index in [1.165, 1.54) is 11.1 Å². The van der Waals surface area contributed by atoms with Gasteiger partial charge < -0.3 is 10.6 Å². The number of rotatable bonds is 4. The van der Waals surface area contributed by atoms with Crippen molar-refractivity contribution < 1.29 is 9.59 Å². The lowest BCUT2D eigenvalue weighted by atomic mass is 9.87. The molecule has 1 unspecified atom stereocenters. The molecule has 4 nitrogen and oxygen atoms in total. The van der Waals surface area contributed by atoms with Crippen LogP contribution in [0, 0.1) is 5.92 Å². The second-order valence-electron chi connectivity index (χ2n) is 6.84. The van der Waals surface area contributed by atoms with Crippen LogP contribution >= 0.6 is 0 Å². The maximum absolute atomic E-state index is 12.7. The van der Waals surface area contributed by atoms with Gasteiger partial charge in [0, 0.05) is 17.2 Å². The normalized spacial score (nSPS) is 16.2. The Morgan fingerprint density at radius 2 is 1.88 bits per heavy atom. The van der Waals surface area contributed by atoms with E-state index in [4.69, 9.17) is 0 Å². The highest BCUT2D eigenvalue weighted by Crippen LogP contribution is 2.29. The molecule has 4 heteroatoms. The first-order valence-corrected chi connectivity index (χ1v) is 8.84. The van der Waals surface area contributed by atoms with Crippen molar-refractivity contribution in [1.82, 2.24) is 5.32 Å². The Balaban J connectivity index is 1.73. The Morgan fingerprint density at radius 1 is 1.08 bits per heavy atom. The van der Waals surface area contributed by atoms with E-state index in [1.54, 1.807) is 24.3 Å². The largest absolute Gasteiger partial charge is 0.345 e. The molecule has 1 aliphatic rings. The number of amides is 2. The van der Waals surface area contributed by atoms with Gasteiger partial charge in [0.15, 0.2) is 0 Å². The van der Waals surface area contributed by atoms with Crippen LogP contribution in [0.15, 0.2) is 48.5 Å². The van der Waals surface area contributed by atoms with Crippen LogP contribution in [0.3, 0.4) is 0 Å². The van der Waals surface area contributed by atoms with Gasteiger partial charge in [-0.2, -0.15) is 0 Å². The summed E-state index contributed by atoms with van der Waals surface area (Å²) in [4.78, 5) is 24.5. The fourth-order valence-electron chi connectivity index (χ4n) is 3.17. The number of nitrogens with one attached hydrogen (secondary N) is 2. The van der Waals surface area contributed by atoms with Crippen LogP contribution in [-0.2, 0) is 11.2 Å². The Kier molecular flexibility index (Phi) is 5.17. The molecule has 2 amide bonds. The summed E-state index contributed by atoms with van der Waals surface area (Å²) in [5.41, 5.74) is 3.74. The van der Waals surface area contributed by atoms with Crippen molar-refractivity contribution in [2.24, 2.45) is 5.92 Å². The summed E-state index contributed by atoms with van der Waals surface area (Å²) in [5.74, 6) is -0.266. The standard InChI is InChI=1S/C21H24N2O2/c1-14(2)20(24)22-17-10-5-9-16(13-17)21(25)23-19-12-6-8-15-7-3-4-11-18(15)19/h3-5,7,9-11,13-14,19H,6,8,12H2,1-2H3,(H,22,24)(H,23,25). The number of carbonyl (C=O) groups excluding carboxylic acids is 2. The summed E-state index contributed by atoms with van der Waals surface area (Å²) >= 11 is 0. The average Bonchev–Trinajstić information content (AvgIpc) is 2.62. The van der Waals surface area contributed by atoms with Crippen molar-refractivity contribution in [2.45, 2.75) is 39.2 Å². The molecule has 0 saturated heterocycles. The Bertz CT molecular complexity index is 783. The zero-order valence-electron chi connectivity index (χ0n) is 14.7. The number of fused-ring (bicyclic) bond motifs is 1. The van der Waals surface area contributed by atoms with Gasteiger partial charge in [0.25, 0.3) is 5.91 Å². The van der Waals surface area contributed by atoms with Gasteiger partial charge in [-0.05, 0) is 48.6 Å². The van der Waals surface area contributed by atoms with Crippen molar-refractivity contribution >= 4 is 17.5 Å². The van der Waals surface area contributed by atoms with Gasteiger partial charge in [-0.15, -0.1) is 0 Å². The van der Waals surface area contributed by atoms with Crippen molar-refractivity contribution in [3.8, 4) is 0 Å². The van der Waals surface area contributed by atoms with Gasteiger partial charge in [0.1, 0.15) is 0 Å². The van der Waals surface area contributed by atoms with Crippen LogP contribution in [0.2, 0.25) is 0 Å². The molecule has 2 aromatic rings. The van der Waals surface area contributed by atoms with Crippen molar-refractivity contribution in [3.63, 3.8) is 0 Å². The summed E-state index contributed by atoms with van der Waals surface area (Å²) in [6, 6.07) is 15.4. The van der Waals surface area contributed by atoms with Gasteiger partial charge in [-0.3, -0.25) is 9.59 Å². The number of carbonyl (C=O) groups is 2. The van der Waals surface area contributed by atoms with Crippen LogP contribution in [0.4, 0.5) is 5.69 Å². The maximum atomic E-state index is 12.7. The molecule has 1 atom stereocenters. The summed E-state index contributed by atoms with van der Waals surface area (Å²) in [6.07, 6.45) is 3.10. The number of anilines is 1. The van der Waals surface area contributed by atoms with Gasteiger partial charge in [0.2, 0.25) is 5.91 Å². The topological polar surface area (TPSA) is 58.2 Å². The molecule has 0 radical (unpaired) electrons. The third-order valence-corrected chi connectivity index (χ3v) is 4.59. The van der Waals surface area contributed by atoms with Gasteiger partial charge in [-0.25, -0.2) is 0 Å². The van der Waals surface area contributed by atoms with Gasteiger partial charge >= 0.3 is 0 Å². The molecule has 3 rings (SSSR count). The first-order chi connectivity index (χ1) is 12.0. The zero-order valence-corrected chi connectivity index (χ0v) is 14.7. The summed E-state index contributed by atoms with van der Waals surface area (Å²) in [7, 11) is 0. The van der Waals surface area contributed by atoms with Gasteiger partial charge in [0.05, 0.1) is 6.04 Å². The van der Waals surface area contributed by atoms with E-state index >= 15 is 0 Å². The maximum Gasteiger partial charge on any atom is 0.251 e. The van der Waals surface area contributed by atoms with Gasteiger partial charge in [-0.1, -0.05) is 44.2 Å². The van der Waals surface area contributed by atoms with E-state index in [9.17, 15) is 9.59 Å². The van der Waals surface area contributed by atoms with Crippen molar-refractivity contribution in [3.05, 3.63) is 65.2 Å². The molecule has 0 spiro atoms. The van der Waals surface area contributed by atoms with E-state index in [2.05, 4.69) is 22.8 Å². The predicted octanol–water partition coefficient (Wildman–Crippen LogP) is 4.09.